The van der Waals surface area contributed by atoms with E-state index in [2.05, 4.69) is 0 Å². The van der Waals surface area contributed by atoms with Crippen LogP contribution in [0.5, 0.6) is 0 Å². The minimum absolute atomic E-state index is 0.0602. The van der Waals surface area contributed by atoms with Gasteiger partial charge >= 0.3 is 6.18 Å². The maximum atomic E-state index is 12.3. The van der Waals surface area contributed by atoms with Gasteiger partial charge in [-0.3, -0.25) is 0 Å². The van der Waals surface area contributed by atoms with Gasteiger partial charge in [0.2, 0.25) is 4.90 Å². The third-order valence-electron chi connectivity index (χ3n) is 1.51. The van der Waals surface area contributed by atoms with Crippen LogP contribution in [0.4, 0.5) is 13.2 Å². The summed E-state index contributed by atoms with van der Waals surface area (Å²) in [6, 6.07) is 5.03. The Bertz CT molecular complexity index is 296. The molecule has 0 amide bonds. The zero-order chi connectivity index (χ0) is 10.1. The Balaban J connectivity index is 3.20. The first-order chi connectivity index (χ1) is 5.93. The average Bonchev–Trinajstić information content (AvgIpc) is 2.03. The maximum Gasteiger partial charge on any atom is 0.421 e. The Morgan fingerprint density at radius 2 is 1.77 bits per heavy atom. The summed E-state index contributed by atoms with van der Waals surface area (Å²) in [5.74, 6) is 0. The topological polar surface area (TPSA) is 20.2 Å². The van der Waals surface area contributed by atoms with Gasteiger partial charge in [0.05, 0.1) is 0 Å². The number of benzene rings is 1. The van der Waals surface area contributed by atoms with Crippen LogP contribution in [-0.4, -0.2) is 10.8 Å². The molecule has 0 saturated heterocycles. The largest absolute Gasteiger partial charge is 0.421 e. The summed E-state index contributed by atoms with van der Waals surface area (Å²) in [5.41, 5.74) is -0.761. The van der Waals surface area contributed by atoms with Gasteiger partial charge in [0.15, 0.2) is 11.2 Å². The minimum Gasteiger partial charge on any atom is -0.182 e. The molecule has 1 nitrogen and oxygen atoms in total. The zero-order valence-electron chi connectivity index (χ0n) is 6.80. The highest BCUT2D eigenvalue weighted by atomic mass is 32.2. The van der Waals surface area contributed by atoms with E-state index in [1.165, 1.54) is 24.5 Å². The van der Waals surface area contributed by atoms with Crippen molar-refractivity contribution in [2.24, 2.45) is 0 Å². The molecule has 0 heterocycles. The minimum atomic E-state index is -4.39. The normalized spacial score (nSPS) is 14.2. The van der Waals surface area contributed by atoms with Crippen molar-refractivity contribution in [3.8, 4) is 0 Å². The molecule has 0 saturated carbocycles. The summed E-state index contributed by atoms with van der Waals surface area (Å²) in [6.45, 7) is 0. The average molecular weight is 209 g/mol. The molecule has 1 aromatic carbocycles. The van der Waals surface area contributed by atoms with E-state index in [1.807, 2.05) is 0 Å². The Morgan fingerprint density at radius 3 is 2.15 bits per heavy atom. The zero-order valence-corrected chi connectivity index (χ0v) is 7.62. The van der Waals surface area contributed by atoms with E-state index in [-0.39, 0.29) is 4.90 Å². The predicted octanol–water partition coefficient (Wildman–Crippen LogP) is 2.79. The summed E-state index contributed by atoms with van der Waals surface area (Å²) >= 11 is -1.36. The molecule has 0 fully saturated rings. The standard InChI is InChI=1S/C8H8F3OS/c1-13(12)7-5-3-2-4-6(7)8(9,10)11/h2-5,12H,1H3/q+1. The number of hydrogen-bond donors (Lipinski definition) is 1. The lowest BCUT2D eigenvalue weighted by Gasteiger charge is -2.07. The Hall–Kier alpha value is -0.680. The van der Waals surface area contributed by atoms with Gasteiger partial charge in [0, 0.05) is 0 Å². The number of rotatable bonds is 1. The molecule has 0 aliphatic carbocycles. The molecule has 0 aliphatic rings. The van der Waals surface area contributed by atoms with E-state index >= 15 is 0 Å². The van der Waals surface area contributed by atoms with Crippen LogP contribution in [-0.2, 0) is 17.4 Å². The van der Waals surface area contributed by atoms with Crippen LogP contribution in [0.25, 0.3) is 0 Å². The predicted molar refractivity (Wildman–Crippen MR) is 45.6 cm³/mol. The third kappa shape index (κ3) is 2.38. The van der Waals surface area contributed by atoms with E-state index < -0.39 is 22.9 Å². The highest BCUT2D eigenvalue weighted by molar-refractivity contribution is 7.90. The first kappa shape index (κ1) is 10.4. The van der Waals surface area contributed by atoms with E-state index in [0.29, 0.717) is 0 Å². The molecule has 5 heteroatoms. The summed E-state index contributed by atoms with van der Waals surface area (Å²) in [6.07, 6.45) is -3.05. The van der Waals surface area contributed by atoms with Crippen molar-refractivity contribution in [3.05, 3.63) is 29.8 Å². The van der Waals surface area contributed by atoms with Crippen molar-refractivity contribution in [2.75, 3.05) is 6.26 Å². The molecule has 0 aliphatic heterocycles. The van der Waals surface area contributed by atoms with Gasteiger partial charge in [0.1, 0.15) is 11.8 Å². The second kappa shape index (κ2) is 3.59. The number of hydrogen-bond acceptors (Lipinski definition) is 1. The molecule has 1 rings (SSSR count). The van der Waals surface area contributed by atoms with Crippen LogP contribution in [0, 0.1) is 0 Å². The Morgan fingerprint density at radius 1 is 1.23 bits per heavy atom. The van der Waals surface area contributed by atoms with Crippen molar-refractivity contribution < 1.29 is 17.7 Å². The van der Waals surface area contributed by atoms with E-state index in [1.54, 1.807) is 0 Å². The van der Waals surface area contributed by atoms with Crippen molar-refractivity contribution in [3.63, 3.8) is 0 Å². The van der Waals surface area contributed by atoms with Crippen LogP contribution in [0.3, 0.4) is 0 Å². The van der Waals surface area contributed by atoms with Crippen LogP contribution in [0.15, 0.2) is 29.2 Å². The van der Waals surface area contributed by atoms with Crippen molar-refractivity contribution in [1.29, 1.82) is 0 Å². The second-order valence-corrected chi connectivity index (χ2v) is 3.87. The van der Waals surface area contributed by atoms with Crippen molar-refractivity contribution >= 4 is 11.2 Å². The Labute approximate surface area is 76.8 Å². The maximum absolute atomic E-state index is 12.3. The van der Waals surface area contributed by atoms with Gasteiger partial charge in [-0.25, -0.2) is 0 Å². The van der Waals surface area contributed by atoms with Crippen LogP contribution >= 0.6 is 0 Å². The summed E-state index contributed by atoms with van der Waals surface area (Å²) < 4.78 is 46.0. The van der Waals surface area contributed by atoms with Crippen molar-refractivity contribution in [2.45, 2.75) is 11.1 Å². The molecular formula is C8H8F3OS+. The number of alkyl halides is 3. The molecule has 72 valence electrons. The van der Waals surface area contributed by atoms with E-state index in [4.69, 9.17) is 4.55 Å². The van der Waals surface area contributed by atoms with Gasteiger partial charge in [-0.15, -0.1) is 0 Å². The van der Waals surface area contributed by atoms with Gasteiger partial charge in [-0.1, -0.05) is 12.1 Å². The van der Waals surface area contributed by atoms with E-state index in [0.717, 1.165) is 6.07 Å². The molecule has 1 unspecified atom stereocenters. The Kier molecular flexibility index (Phi) is 2.87. The smallest absolute Gasteiger partial charge is 0.182 e. The summed E-state index contributed by atoms with van der Waals surface area (Å²) in [5, 5.41) is 0. The second-order valence-electron chi connectivity index (χ2n) is 2.47. The molecular weight excluding hydrogens is 201 g/mol. The molecule has 1 atom stereocenters. The van der Waals surface area contributed by atoms with Crippen molar-refractivity contribution in [1.82, 2.24) is 0 Å². The van der Waals surface area contributed by atoms with Crippen LogP contribution < -0.4 is 0 Å². The van der Waals surface area contributed by atoms with Crippen LogP contribution in [0.2, 0.25) is 0 Å². The highest BCUT2D eigenvalue weighted by Crippen LogP contribution is 2.33. The molecule has 0 aromatic heterocycles. The van der Waals surface area contributed by atoms with Crippen LogP contribution in [0.1, 0.15) is 5.56 Å². The van der Waals surface area contributed by atoms with E-state index in [9.17, 15) is 13.2 Å². The molecule has 13 heavy (non-hydrogen) atoms. The molecule has 0 bridgehead atoms. The summed E-state index contributed by atoms with van der Waals surface area (Å²) in [7, 11) is 0. The molecule has 0 spiro atoms. The lowest BCUT2D eigenvalue weighted by molar-refractivity contribution is -0.139. The fourth-order valence-corrected chi connectivity index (χ4v) is 1.74. The van der Waals surface area contributed by atoms with Gasteiger partial charge in [-0.2, -0.15) is 17.7 Å². The molecule has 0 radical (unpaired) electrons. The highest BCUT2D eigenvalue weighted by Gasteiger charge is 2.37. The fraction of sp³-hybridized carbons (Fsp3) is 0.250. The lowest BCUT2D eigenvalue weighted by atomic mass is 10.2. The first-order valence-electron chi connectivity index (χ1n) is 3.44. The molecule has 1 aromatic rings. The lowest BCUT2D eigenvalue weighted by Crippen LogP contribution is -2.11. The monoisotopic (exact) mass is 209 g/mol. The third-order valence-corrected chi connectivity index (χ3v) is 2.50. The first-order valence-corrected chi connectivity index (χ1v) is 5.03. The molecule has 1 N–H and O–H groups in total. The fourth-order valence-electron chi connectivity index (χ4n) is 0.958. The van der Waals surface area contributed by atoms with Gasteiger partial charge in [-0.05, 0) is 12.1 Å². The summed E-state index contributed by atoms with van der Waals surface area (Å²) in [4.78, 5) is -0.0602. The number of halogens is 3. The van der Waals surface area contributed by atoms with Gasteiger partial charge in [0.25, 0.3) is 0 Å². The van der Waals surface area contributed by atoms with Gasteiger partial charge < -0.3 is 0 Å². The quantitative estimate of drug-likeness (QED) is 0.705. The SMILES string of the molecule is C[S+](O)c1ccccc1C(F)(F)F.